The quantitative estimate of drug-likeness (QED) is 0.284. The molecule has 0 bridgehead atoms. The van der Waals surface area contributed by atoms with Crippen LogP contribution in [0, 0.1) is 5.82 Å². The Kier molecular flexibility index (Phi) is 9.98. The Morgan fingerprint density at radius 2 is 1.89 bits per heavy atom. The van der Waals surface area contributed by atoms with Crippen LogP contribution in [0.5, 0.6) is 17.2 Å². The summed E-state index contributed by atoms with van der Waals surface area (Å²) in [6.07, 6.45) is 10.2. The predicted octanol–water partition coefficient (Wildman–Crippen LogP) is 5.17. The van der Waals surface area contributed by atoms with Crippen LogP contribution in [0.1, 0.15) is 68.1 Å². The third kappa shape index (κ3) is 7.10. The average molecular weight is 632 g/mol. The van der Waals surface area contributed by atoms with Gasteiger partial charge in [0.2, 0.25) is 0 Å². The van der Waals surface area contributed by atoms with E-state index in [1.54, 1.807) is 11.1 Å². The number of amides is 1. The number of benzene rings is 1. The fourth-order valence-electron chi connectivity index (χ4n) is 6.79. The van der Waals surface area contributed by atoms with Crippen LogP contribution in [0.4, 0.5) is 10.2 Å². The van der Waals surface area contributed by atoms with Gasteiger partial charge in [-0.25, -0.2) is 14.4 Å². The van der Waals surface area contributed by atoms with E-state index in [2.05, 4.69) is 36.7 Å². The van der Waals surface area contributed by atoms with Gasteiger partial charge in [-0.1, -0.05) is 0 Å². The summed E-state index contributed by atoms with van der Waals surface area (Å²) in [6, 6.07) is 6.73. The topological polar surface area (TPSA) is 87.2 Å². The summed E-state index contributed by atoms with van der Waals surface area (Å²) in [5, 5.41) is 0. The minimum atomic E-state index is -0.494. The second kappa shape index (κ2) is 14.3. The zero-order valence-electron chi connectivity index (χ0n) is 27.5. The number of likely N-dealkylation sites (tertiary alicyclic amines) is 1. The number of hydrogen-bond donors (Lipinski definition) is 0. The molecule has 0 unspecified atom stereocenters. The molecule has 0 aliphatic carbocycles. The molecule has 1 aromatic carbocycles. The molecule has 3 aliphatic heterocycles. The molecular formula is C35H46FN7O3. The fraction of sp³-hybridized carbons (Fsp3) is 0.543. The van der Waals surface area contributed by atoms with Crippen LogP contribution in [0.2, 0.25) is 0 Å². The van der Waals surface area contributed by atoms with Crippen LogP contribution in [0.25, 0.3) is 0 Å². The molecule has 1 amide bonds. The van der Waals surface area contributed by atoms with E-state index in [1.807, 2.05) is 33.0 Å². The summed E-state index contributed by atoms with van der Waals surface area (Å²) in [6.45, 7) is 12.0. The Hall–Kier alpha value is -3.83. The van der Waals surface area contributed by atoms with Gasteiger partial charge in [0.25, 0.3) is 5.91 Å². The van der Waals surface area contributed by atoms with Crippen molar-refractivity contribution in [2.24, 2.45) is 0 Å². The lowest BCUT2D eigenvalue weighted by Gasteiger charge is -2.39. The first kappa shape index (κ1) is 32.1. The average Bonchev–Trinajstić information content (AvgIpc) is 3.06. The van der Waals surface area contributed by atoms with Crippen LogP contribution in [-0.4, -0.2) is 100 Å². The summed E-state index contributed by atoms with van der Waals surface area (Å²) in [5.74, 6) is 1.52. The van der Waals surface area contributed by atoms with Crippen LogP contribution >= 0.6 is 0 Å². The van der Waals surface area contributed by atoms with Gasteiger partial charge in [0, 0.05) is 81.5 Å². The molecule has 2 saturated heterocycles. The normalized spacial score (nSPS) is 19.1. The van der Waals surface area contributed by atoms with Crippen LogP contribution < -0.4 is 14.4 Å². The second-order valence-corrected chi connectivity index (χ2v) is 12.9. The molecule has 11 heteroatoms. The summed E-state index contributed by atoms with van der Waals surface area (Å²) in [7, 11) is 2.22. The largest absolute Gasteiger partial charge is 0.490 e. The third-order valence-electron chi connectivity index (χ3n) is 9.68. The van der Waals surface area contributed by atoms with E-state index < -0.39 is 5.82 Å². The molecule has 2 fully saturated rings. The number of carbonyl (C=O) groups excluding carboxylic acids is 1. The molecule has 246 valence electrons. The molecule has 0 radical (unpaired) electrons. The van der Waals surface area contributed by atoms with Crippen molar-refractivity contribution in [2.75, 3.05) is 51.2 Å². The Morgan fingerprint density at radius 1 is 1.07 bits per heavy atom. The molecule has 0 saturated carbocycles. The number of fused-ring (bicyclic) bond motifs is 1. The van der Waals surface area contributed by atoms with Crippen molar-refractivity contribution in [3.63, 3.8) is 0 Å². The molecule has 6 rings (SSSR count). The van der Waals surface area contributed by atoms with E-state index in [9.17, 15) is 9.18 Å². The second-order valence-electron chi connectivity index (χ2n) is 12.9. The van der Waals surface area contributed by atoms with Crippen LogP contribution in [0.15, 0.2) is 43.0 Å². The first-order valence-corrected chi connectivity index (χ1v) is 16.7. The first-order valence-electron chi connectivity index (χ1n) is 16.7. The number of rotatable bonds is 11. The lowest BCUT2D eigenvalue weighted by atomic mass is 9.99. The van der Waals surface area contributed by atoms with E-state index in [0.29, 0.717) is 24.2 Å². The summed E-state index contributed by atoms with van der Waals surface area (Å²) in [4.78, 5) is 35.6. The van der Waals surface area contributed by atoms with Gasteiger partial charge in [0.15, 0.2) is 11.6 Å². The SMILES string of the molecule is CCN(C(=O)c1cc(F)ccc1Oc1cncnc1N1CCC(Oc2ccnc3c2CN(CC[C@@H]2CCN2C)CC3)CC1)C(C)C. The maximum absolute atomic E-state index is 14.3. The highest BCUT2D eigenvalue weighted by Gasteiger charge is 2.29. The Labute approximate surface area is 271 Å². The van der Waals surface area contributed by atoms with Gasteiger partial charge in [-0.15, -0.1) is 0 Å². The monoisotopic (exact) mass is 631 g/mol. The molecule has 1 atom stereocenters. The van der Waals surface area contributed by atoms with E-state index in [-0.39, 0.29) is 29.4 Å². The maximum Gasteiger partial charge on any atom is 0.257 e. The number of nitrogens with zero attached hydrogens (tertiary/aromatic N) is 7. The zero-order chi connectivity index (χ0) is 32.2. The standard InChI is InChI=1S/C35H46FN7O3/c1-5-43(24(2)3)35(44)28-20-25(36)6-7-31(28)46-33-21-37-23-39-34(33)42-18-11-27(12-19-42)45-32-8-14-38-30-13-17-41(22-29(30)32)16-10-26-9-15-40(26)4/h6-8,14,20-21,23-24,26-27H,5,9-13,15-19,22H2,1-4H3/t26-/m0/s1. The summed E-state index contributed by atoms with van der Waals surface area (Å²) < 4.78 is 27.2. The molecule has 3 aliphatic rings. The highest BCUT2D eigenvalue weighted by molar-refractivity contribution is 5.97. The summed E-state index contributed by atoms with van der Waals surface area (Å²) in [5.41, 5.74) is 2.56. The van der Waals surface area contributed by atoms with Crippen molar-refractivity contribution >= 4 is 11.7 Å². The number of ether oxygens (including phenoxy) is 2. The number of pyridine rings is 1. The van der Waals surface area contributed by atoms with E-state index >= 15 is 0 Å². The Morgan fingerprint density at radius 3 is 2.61 bits per heavy atom. The molecule has 2 aromatic heterocycles. The minimum absolute atomic E-state index is 0.0384. The van der Waals surface area contributed by atoms with Gasteiger partial charge in [0.05, 0.1) is 11.8 Å². The fourth-order valence-corrected chi connectivity index (χ4v) is 6.79. The number of halogens is 1. The van der Waals surface area contributed by atoms with E-state index in [0.717, 1.165) is 63.4 Å². The molecule has 5 heterocycles. The lowest BCUT2D eigenvalue weighted by molar-refractivity contribution is 0.0713. The van der Waals surface area contributed by atoms with E-state index in [4.69, 9.17) is 9.47 Å². The van der Waals surface area contributed by atoms with Gasteiger partial charge in [0.1, 0.15) is 29.7 Å². The number of aromatic nitrogens is 3. The highest BCUT2D eigenvalue weighted by atomic mass is 19.1. The zero-order valence-corrected chi connectivity index (χ0v) is 27.5. The van der Waals surface area contributed by atoms with Crippen molar-refractivity contribution in [2.45, 2.75) is 77.6 Å². The molecular weight excluding hydrogens is 585 g/mol. The number of hydrogen-bond acceptors (Lipinski definition) is 9. The Bertz CT molecular complexity index is 1510. The van der Waals surface area contributed by atoms with Crippen molar-refractivity contribution < 1.29 is 18.7 Å². The van der Waals surface area contributed by atoms with Crippen molar-refractivity contribution in [3.05, 3.63) is 65.6 Å². The Balaban J connectivity index is 1.10. The minimum Gasteiger partial charge on any atom is -0.490 e. The number of piperidine rings is 1. The van der Waals surface area contributed by atoms with Gasteiger partial charge in [-0.3, -0.25) is 14.7 Å². The number of carbonyl (C=O) groups is 1. The van der Waals surface area contributed by atoms with E-state index in [1.165, 1.54) is 49.5 Å². The number of anilines is 1. The highest BCUT2D eigenvalue weighted by Crippen LogP contribution is 2.35. The molecule has 3 aromatic rings. The maximum atomic E-state index is 14.3. The van der Waals surface area contributed by atoms with Crippen molar-refractivity contribution in [3.8, 4) is 17.2 Å². The smallest absolute Gasteiger partial charge is 0.257 e. The third-order valence-corrected chi connectivity index (χ3v) is 9.68. The molecule has 10 nitrogen and oxygen atoms in total. The van der Waals surface area contributed by atoms with Crippen LogP contribution in [0.3, 0.4) is 0 Å². The molecule has 0 spiro atoms. The first-order chi connectivity index (χ1) is 22.3. The van der Waals surface area contributed by atoms with Gasteiger partial charge >= 0.3 is 0 Å². The van der Waals surface area contributed by atoms with Crippen LogP contribution in [-0.2, 0) is 13.0 Å². The summed E-state index contributed by atoms with van der Waals surface area (Å²) >= 11 is 0. The van der Waals surface area contributed by atoms with Crippen molar-refractivity contribution in [1.82, 2.24) is 29.7 Å². The van der Waals surface area contributed by atoms with Crippen molar-refractivity contribution in [1.29, 1.82) is 0 Å². The molecule has 46 heavy (non-hydrogen) atoms. The van der Waals surface area contributed by atoms with Gasteiger partial charge < -0.3 is 24.2 Å². The van der Waals surface area contributed by atoms with Gasteiger partial charge in [-0.05, 0) is 78.0 Å². The molecule has 0 N–H and O–H groups in total. The lowest BCUT2D eigenvalue weighted by Crippen LogP contribution is -2.46. The predicted molar refractivity (Wildman–Crippen MR) is 175 cm³/mol. The van der Waals surface area contributed by atoms with Gasteiger partial charge in [-0.2, -0.15) is 0 Å².